The Balaban J connectivity index is 1.42. The van der Waals surface area contributed by atoms with Crippen molar-refractivity contribution in [3.8, 4) is 0 Å². The second kappa shape index (κ2) is 7.85. The first-order valence-electron chi connectivity index (χ1n) is 14.9. The second-order valence-electron chi connectivity index (χ2n) is 14.3. The average molecular weight is 584 g/mol. The molecule has 10 nitrogen and oxygen atoms in total. The summed E-state index contributed by atoms with van der Waals surface area (Å²) in [6, 6.07) is 12.8. The molecule has 1 aromatic carbocycles. The van der Waals surface area contributed by atoms with Gasteiger partial charge in [-0.1, -0.05) is 58.0 Å². The molecule has 42 heavy (non-hydrogen) atoms. The van der Waals surface area contributed by atoms with Gasteiger partial charge in [-0.2, -0.15) is 0 Å². The van der Waals surface area contributed by atoms with E-state index < -0.39 is 74.6 Å². The third-order valence-electron chi connectivity index (χ3n) is 12.7. The lowest BCUT2D eigenvalue weighted by Crippen LogP contribution is -2.75. The molecule has 6 N–H and O–H groups in total. The molecule has 1 aromatic heterocycles. The zero-order chi connectivity index (χ0) is 30.5. The number of aliphatic hydroxyl groups is 6. The lowest BCUT2D eigenvalue weighted by Gasteiger charge is -2.60. The molecule has 0 unspecified atom stereocenters. The van der Waals surface area contributed by atoms with Crippen LogP contribution in [-0.4, -0.2) is 87.2 Å². The Kier molecular flexibility index (Phi) is 5.32. The monoisotopic (exact) mass is 583 g/mol. The van der Waals surface area contributed by atoms with Crippen molar-refractivity contribution in [1.82, 2.24) is 4.57 Å². The van der Waals surface area contributed by atoms with Crippen molar-refractivity contribution >= 4 is 5.97 Å². The molecule has 11 atom stereocenters. The number of esters is 1. The predicted octanol–water partition coefficient (Wildman–Crippen LogP) is 1.33. The van der Waals surface area contributed by atoms with Gasteiger partial charge >= 0.3 is 5.97 Å². The van der Waals surface area contributed by atoms with Crippen LogP contribution in [0, 0.1) is 22.7 Å². The molecule has 0 radical (unpaired) electrons. The molecule has 6 fully saturated rings. The first kappa shape index (κ1) is 28.5. The summed E-state index contributed by atoms with van der Waals surface area (Å²) in [4.78, 5) is 14.0. The van der Waals surface area contributed by atoms with Crippen molar-refractivity contribution in [3.63, 3.8) is 0 Å². The Hall–Kier alpha value is -2.31. The van der Waals surface area contributed by atoms with E-state index in [1.807, 2.05) is 30.3 Å². The normalized spacial score (nSPS) is 51.8. The number of nitrogens with zero attached hydrogens (tertiary/aromatic N) is 1. The minimum atomic E-state index is -2.62. The van der Waals surface area contributed by atoms with Gasteiger partial charge in [0.25, 0.3) is 0 Å². The smallest absolute Gasteiger partial charge is 0.355 e. The van der Waals surface area contributed by atoms with E-state index in [9.17, 15) is 35.4 Å². The number of hydrogen-bond acceptors (Lipinski definition) is 9. The first-order valence-corrected chi connectivity index (χ1v) is 14.9. The fourth-order valence-corrected chi connectivity index (χ4v) is 10.6. The van der Waals surface area contributed by atoms with Crippen LogP contribution in [0.25, 0.3) is 0 Å². The molecule has 228 valence electrons. The van der Waals surface area contributed by atoms with Crippen molar-refractivity contribution < 1.29 is 44.9 Å². The molecule has 6 aliphatic rings. The quantitative estimate of drug-likeness (QED) is 0.285. The fourth-order valence-electron chi connectivity index (χ4n) is 10.6. The summed E-state index contributed by atoms with van der Waals surface area (Å²) in [5.74, 6) is -4.38. The van der Waals surface area contributed by atoms with Crippen LogP contribution < -0.4 is 0 Å². The van der Waals surface area contributed by atoms with Gasteiger partial charge in [0, 0.05) is 24.6 Å². The van der Waals surface area contributed by atoms with Gasteiger partial charge in [0.05, 0.1) is 11.5 Å². The molecule has 1 spiro atoms. The Morgan fingerprint density at radius 3 is 2.38 bits per heavy atom. The highest BCUT2D eigenvalue weighted by Crippen LogP contribution is 2.90. The maximum absolute atomic E-state index is 14.0. The third-order valence-corrected chi connectivity index (χ3v) is 12.7. The number of hydrogen-bond donors (Lipinski definition) is 6. The van der Waals surface area contributed by atoms with E-state index in [4.69, 9.17) is 9.47 Å². The molecule has 3 heterocycles. The minimum absolute atomic E-state index is 0.0548. The molecule has 10 heteroatoms. The van der Waals surface area contributed by atoms with Crippen LogP contribution in [0.5, 0.6) is 0 Å². The van der Waals surface area contributed by atoms with Crippen LogP contribution in [0.4, 0.5) is 0 Å². The molecular weight excluding hydrogens is 542 g/mol. The number of carbonyl (C=O) groups is 1. The standard InChI is InChI=1S/C32H41NO9/c1-18(2)29(38)24(41-23(35)21-12-9-15-33(21)16-20-10-7-6-8-11-20)30(39)25(4)17-28(37)26(29,5)32(30,40)31(42-28)22(34)19(3)13-14-27(25,31)36/h6-12,15,18-19,22,24,34,36-40H,13-14,16-17H2,1-5H3/t19-,22+,24+,25-,26-,27-,28-,29+,30+,31+,32+/m0/s1. The van der Waals surface area contributed by atoms with Crippen molar-refractivity contribution in [3.05, 3.63) is 59.9 Å². The highest BCUT2D eigenvalue weighted by Gasteiger charge is 3.10. The highest BCUT2D eigenvalue weighted by atomic mass is 16.7. The van der Waals surface area contributed by atoms with E-state index in [-0.39, 0.29) is 18.5 Å². The lowest BCUT2D eigenvalue weighted by atomic mass is 9.52. The maximum Gasteiger partial charge on any atom is 0.355 e. The Morgan fingerprint density at radius 2 is 1.74 bits per heavy atom. The SMILES string of the molecule is CC(C)[C@@]1(O)[C@@H](OC(=O)c2cccn2Cc2ccccc2)[C@@]2(O)[C@@]3(C)C[C@]4(O)O[C@@]5([C@H](O)[C@@H](C)CC[C@]35O)[C@@]2(O)[C@]14C. The molecule has 2 aliphatic heterocycles. The summed E-state index contributed by atoms with van der Waals surface area (Å²) in [5.41, 5.74) is -14.4. The zero-order valence-corrected chi connectivity index (χ0v) is 24.6. The number of ether oxygens (including phenoxy) is 2. The average Bonchev–Trinajstić information content (AvgIpc) is 3.50. The van der Waals surface area contributed by atoms with E-state index >= 15 is 0 Å². The third kappa shape index (κ3) is 2.39. The molecule has 4 saturated carbocycles. The Bertz CT molecular complexity index is 1480. The first-order chi connectivity index (χ1) is 19.5. The van der Waals surface area contributed by atoms with Crippen LogP contribution >= 0.6 is 0 Å². The lowest BCUT2D eigenvalue weighted by molar-refractivity contribution is -0.390. The van der Waals surface area contributed by atoms with Gasteiger partial charge in [-0.15, -0.1) is 0 Å². The summed E-state index contributed by atoms with van der Waals surface area (Å²) >= 11 is 0. The zero-order valence-electron chi connectivity index (χ0n) is 24.6. The van der Waals surface area contributed by atoms with Crippen LogP contribution in [-0.2, 0) is 16.0 Å². The van der Waals surface area contributed by atoms with E-state index in [1.165, 1.54) is 13.8 Å². The molecule has 8 rings (SSSR count). The Labute approximate surface area is 244 Å². The van der Waals surface area contributed by atoms with Crippen LogP contribution in [0.1, 0.15) is 69.9 Å². The van der Waals surface area contributed by atoms with E-state index in [0.717, 1.165) is 5.56 Å². The number of carbonyl (C=O) groups excluding carboxylic acids is 1. The van der Waals surface area contributed by atoms with E-state index in [2.05, 4.69) is 0 Å². The van der Waals surface area contributed by atoms with Gasteiger partial charge in [0.15, 0.2) is 17.5 Å². The summed E-state index contributed by atoms with van der Waals surface area (Å²) in [7, 11) is 0. The van der Waals surface area contributed by atoms with Gasteiger partial charge in [-0.25, -0.2) is 4.79 Å². The topological polar surface area (TPSA) is 162 Å². The molecule has 2 aromatic rings. The largest absolute Gasteiger partial charge is 0.451 e. The highest BCUT2D eigenvalue weighted by molar-refractivity contribution is 5.88. The summed E-state index contributed by atoms with van der Waals surface area (Å²) in [6.45, 7) is 8.35. The van der Waals surface area contributed by atoms with Crippen LogP contribution in [0.15, 0.2) is 48.7 Å². The molecule has 0 amide bonds. The summed E-state index contributed by atoms with van der Waals surface area (Å²) < 4.78 is 14.1. The van der Waals surface area contributed by atoms with E-state index in [1.54, 1.807) is 43.7 Å². The number of rotatable bonds is 5. The van der Waals surface area contributed by atoms with Crippen molar-refractivity contribution in [2.75, 3.05) is 0 Å². The van der Waals surface area contributed by atoms with Crippen LogP contribution in [0.3, 0.4) is 0 Å². The summed E-state index contributed by atoms with van der Waals surface area (Å²) in [6.07, 6.45) is -1.52. The van der Waals surface area contributed by atoms with Crippen molar-refractivity contribution in [2.24, 2.45) is 22.7 Å². The van der Waals surface area contributed by atoms with Gasteiger partial charge in [-0.3, -0.25) is 0 Å². The number of benzene rings is 1. The van der Waals surface area contributed by atoms with Crippen molar-refractivity contribution in [1.29, 1.82) is 0 Å². The molecule has 4 aliphatic carbocycles. The predicted molar refractivity (Wildman–Crippen MR) is 148 cm³/mol. The number of aliphatic hydroxyl groups excluding tert-OH is 1. The Morgan fingerprint density at radius 1 is 1.07 bits per heavy atom. The van der Waals surface area contributed by atoms with Crippen molar-refractivity contribution in [2.45, 2.75) is 106 Å². The summed E-state index contributed by atoms with van der Waals surface area (Å²) in [5, 5.41) is 75.4. The molecule has 6 bridgehead atoms. The minimum Gasteiger partial charge on any atom is -0.451 e. The van der Waals surface area contributed by atoms with Gasteiger partial charge in [0.2, 0.25) is 0 Å². The molecule has 2 saturated heterocycles. The maximum atomic E-state index is 14.0. The van der Waals surface area contributed by atoms with Gasteiger partial charge in [0.1, 0.15) is 28.1 Å². The second-order valence-corrected chi connectivity index (χ2v) is 14.3. The fraction of sp³-hybridized carbons (Fsp3) is 0.656. The molecular formula is C32H41NO9. The number of aromatic nitrogens is 1. The van der Waals surface area contributed by atoms with Gasteiger partial charge in [-0.05, 0) is 49.3 Å². The van der Waals surface area contributed by atoms with Gasteiger partial charge < -0.3 is 44.7 Å². The van der Waals surface area contributed by atoms with E-state index in [0.29, 0.717) is 13.0 Å². The van der Waals surface area contributed by atoms with Crippen LogP contribution in [0.2, 0.25) is 0 Å².